The lowest BCUT2D eigenvalue weighted by Crippen LogP contribution is -2.04. The van der Waals surface area contributed by atoms with Crippen molar-refractivity contribution in [2.45, 2.75) is 6.92 Å². The fraction of sp³-hybridized carbons (Fsp3) is 0.100. The molecular weight excluding hydrogens is 180 g/mol. The minimum Gasteiger partial charge on any atom is -0.493 e. The highest BCUT2D eigenvalue weighted by Crippen LogP contribution is 2.32. The van der Waals surface area contributed by atoms with Gasteiger partial charge in [0.2, 0.25) is 11.8 Å². The van der Waals surface area contributed by atoms with Gasteiger partial charge in [0, 0.05) is 12.3 Å². The smallest absolute Gasteiger partial charge is 0.230 e. The van der Waals surface area contributed by atoms with Crippen molar-refractivity contribution < 1.29 is 9.90 Å². The Hall–Kier alpha value is -1.97. The van der Waals surface area contributed by atoms with Gasteiger partial charge in [0.05, 0.1) is 5.52 Å². The van der Waals surface area contributed by atoms with Crippen LogP contribution in [0.2, 0.25) is 0 Å². The number of nitrogens with zero attached hydrogens (tertiary/aromatic N) is 1. The van der Waals surface area contributed by atoms with Crippen molar-refractivity contribution in [1.82, 2.24) is 4.57 Å². The molecule has 3 N–H and O–H groups in total. The van der Waals surface area contributed by atoms with Gasteiger partial charge in [0.15, 0.2) is 0 Å². The second-order valence-electron chi connectivity index (χ2n) is 3.11. The Morgan fingerprint density at radius 3 is 2.71 bits per heavy atom. The first-order valence-corrected chi connectivity index (χ1v) is 4.21. The van der Waals surface area contributed by atoms with Gasteiger partial charge in [-0.2, -0.15) is 0 Å². The largest absolute Gasteiger partial charge is 0.493 e. The summed E-state index contributed by atoms with van der Waals surface area (Å²) in [6, 6.07) is 7.11. The Kier molecular flexibility index (Phi) is 1.70. The molecule has 2 rings (SSSR count). The van der Waals surface area contributed by atoms with Gasteiger partial charge < -0.3 is 10.8 Å². The third kappa shape index (κ3) is 0.970. The number of fused-ring (bicyclic) bond motifs is 1. The monoisotopic (exact) mass is 190 g/mol. The summed E-state index contributed by atoms with van der Waals surface area (Å²) in [5.74, 6) is -0.436. The van der Waals surface area contributed by atoms with E-state index in [2.05, 4.69) is 0 Å². The average Bonchev–Trinajstić information content (AvgIpc) is 2.41. The van der Waals surface area contributed by atoms with Gasteiger partial charge in [-0.3, -0.25) is 4.79 Å². The summed E-state index contributed by atoms with van der Waals surface area (Å²) in [5, 5.41) is 10.3. The number of hydrogen-bond acceptors (Lipinski definition) is 3. The van der Waals surface area contributed by atoms with Crippen molar-refractivity contribution in [1.29, 1.82) is 0 Å². The summed E-state index contributed by atoms with van der Waals surface area (Å²) in [6.07, 6.45) is 0. The zero-order valence-corrected chi connectivity index (χ0v) is 7.69. The zero-order valence-electron chi connectivity index (χ0n) is 7.69. The minimum absolute atomic E-state index is 0.182. The van der Waals surface area contributed by atoms with Gasteiger partial charge in [-0.1, -0.05) is 18.2 Å². The van der Waals surface area contributed by atoms with Crippen molar-refractivity contribution in [2.75, 3.05) is 5.73 Å². The van der Waals surface area contributed by atoms with E-state index in [4.69, 9.17) is 5.73 Å². The van der Waals surface area contributed by atoms with E-state index in [1.807, 2.05) is 6.07 Å². The Morgan fingerprint density at radius 1 is 1.43 bits per heavy atom. The summed E-state index contributed by atoms with van der Waals surface area (Å²) in [5.41, 5.74) is 6.53. The van der Waals surface area contributed by atoms with Gasteiger partial charge in [0.25, 0.3) is 0 Å². The lowest BCUT2D eigenvalue weighted by molar-refractivity contribution is 0.0933. The maximum absolute atomic E-state index is 11.2. The molecule has 1 aromatic carbocycles. The number of carbonyl (C=O) groups is 1. The minimum atomic E-state index is -0.254. The van der Waals surface area contributed by atoms with E-state index >= 15 is 0 Å². The fourth-order valence-electron chi connectivity index (χ4n) is 1.57. The first kappa shape index (κ1) is 8.62. The Balaban J connectivity index is 2.95. The molecule has 14 heavy (non-hydrogen) atoms. The first-order chi connectivity index (χ1) is 6.63. The number of benzene rings is 1. The molecule has 0 radical (unpaired) electrons. The lowest BCUT2D eigenvalue weighted by atomic mass is 10.2. The molecule has 0 aliphatic rings. The first-order valence-electron chi connectivity index (χ1n) is 4.21. The quantitative estimate of drug-likeness (QED) is 0.662. The average molecular weight is 190 g/mol. The van der Waals surface area contributed by atoms with Gasteiger partial charge in [0.1, 0.15) is 5.69 Å². The van der Waals surface area contributed by atoms with Crippen LogP contribution in [0.4, 0.5) is 5.69 Å². The van der Waals surface area contributed by atoms with E-state index in [1.165, 1.54) is 11.5 Å². The number of para-hydroxylation sites is 1. The van der Waals surface area contributed by atoms with Crippen molar-refractivity contribution in [3.63, 3.8) is 0 Å². The van der Waals surface area contributed by atoms with Crippen LogP contribution in [0, 0.1) is 0 Å². The van der Waals surface area contributed by atoms with Crippen LogP contribution in [0.1, 0.15) is 11.7 Å². The van der Waals surface area contributed by atoms with E-state index in [-0.39, 0.29) is 17.5 Å². The van der Waals surface area contributed by atoms with Crippen LogP contribution in [0.3, 0.4) is 0 Å². The maximum atomic E-state index is 11.2. The Labute approximate surface area is 80.6 Å². The highest BCUT2D eigenvalue weighted by molar-refractivity contribution is 6.02. The topological polar surface area (TPSA) is 68.2 Å². The van der Waals surface area contributed by atoms with Gasteiger partial charge in [-0.25, -0.2) is 4.57 Å². The standard InChI is InChI=1S/C10H10N2O2/c1-6(13)12-8-5-3-2-4-7(8)9(11)10(12)14/h2-5,14H,11H2,1H3. The highest BCUT2D eigenvalue weighted by Gasteiger charge is 2.15. The summed E-state index contributed by atoms with van der Waals surface area (Å²) >= 11 is 0. The predicted molar refractivity (Wildman–Crippen MR) is 54.3 cm³/mol. The Morgan fingerprint density at radius 2 is 2.07 bits per heavy atom. The van der Waals surface area contributed by atoms with E-state index in [1.54, 1.807) is 18.2 Å². The van der Waals surface area contributed by atoms with Crippen molar-refractivity contribution in [3.05, 3.63) is 24.3 Å². The second-order valence-corrected chi connectivity index (χ2v) is 3.11. The molecule has 0 aliphatic heterocycles. The van der Waals surface area contributed by atoms with E-state index in [0.717, 1.165) is 0 Å². The zero-order chi connectivity index (χ0) is 10.3. The van der Waals surface area contributed by atoms with Crippen molar-refractivity contribution in [2.24, 2.45) is 0 Å². The van der Waals surface area contributed by atoms with Gasteiger partial charge in [-0.05, 0) is 6.07 Å². The highest BCUT2D eigenvalue weighted by atomic mass is 16.3. The molecule has 0 saturated carbocycles. The molecule has 0 unspecified atom stereocenters. The van der Waals surface area contributed by atoms with E-state index in [0.29, 0.717) is 10.9 Å². The molecule has 0 amide bonds. The number of rotatable bonds is 0. The second kappa shape index (κ2) is 2.77. The van der Waals surface area contributed by atoms with E-state index < -0.39 is 0 Å². The van der Waals surface area contributed by atoms with Crippen LogP contribution in [0.25, 0.3) is 10.9 Å². The van der Waals surface area contributed by atoms with Crippen molar-refractivity contribution in [3.8, 4) is 5.88 Å². The summed E-state index contributed by atoms with van der Waals surface area (Å²) < 4.78 is 1.20. The number of aromatic nitrogens is 1. The molecule has 0 spiro atoms. The number of aromatic hydroxyl groups is 1. The molecule has 72 valence electrons. The molecule has 0 saturated heterocycles. The molecule has 0 atom stereocenters. The third-order valence-corrected chi connectivity index (χ3v) is 2.20. The molecule has 1 aromatic heterocycles. The van der Waals surface area contributed by atoms with Crippen LogP contribution < -0.4 is 5.73 Å². The number of carbonyl (C=O) groups excluding carboxylic acids is 1. The molecule has 1 heterocycles. The molecular formula is C10H10N2O2. The summed E-state index contributed by atoms with van der Waals surface area (Å²) in [4.78, 5) is 11.2. The van der Waals surface area contributed by atoms with Crippen LogP contribution in [-0.4, -0.2) is 15.6 Å². The molecule has 0 fully saturated rings. The molecule has 4 heteroatoms. The number of nitrogen functional groups attached to an aromatic ring is 1. The summed E-state index contributed by atoms with van der Waals surface area (Å²) in [6.45, 7) is 1.38. The number of hydrogen-bond donors (Lipinski definition) is 2. The molecule has 0 bridgehead atoms. The van der Waals surface area contributed by atoms with Crippen molar-refractivity contribution >= 4 is 22.5 Å². The molecule has 4 nitrogen and oxygen atoms in total. The van der Waals surface area contributed by atoms with Gasteiger partial charge >= 0.3 is 0 Å². The number of nitrogens with two attached hydrogens (primary N) is 1. The van der Waals surface area contributed by atoms with Gasteiger partial charge in [-0.15, -0.1) is 0 Å². The summed E-state index contributed by atoms with van der Waals surface area (Å²) in [7, 11) is 0. The van der Waals surface area contributed by atoms with Crippen LogP contribution in [0.5, 0.6) is 5.88 Å². The number of anilines is 1. The Bertz CT molecular complexity index is 514. The van der Waals surface area contributed by atoms with E-state index in [9.17, 15) is 9.90 Å². The fourth-order valence-corrected chi connectivity index (χ4v) is 1.57. The van der Waals surface area contributed by atoms with Crippen LogP contribution >= 0.6 is 0 Å². The lowest BCUT2D eigenvalue weighted by Gasteiger charge is -1.99. The van der Waals surface area contributed by atoms with Crippen LogP contribution in [0.15, 0.2) is 24.3 Å². The normalized spacial score (nSPS) is 10.6. The van der Waals surface area contributed by atoms with Crippen LogP contribution in [-0.2, 0) is 0 Å². The SMILES string of the molecule is CC(=O)n1c(O)c(N)c2ccccc21. The third-order valence-electron chi connectivity index (χ3n) is 2.20. The molecule has 2 aromatic rings. The predicted octanol–water partition coefficient (Wildman–Crippen LogP) is 1.59. The molecule has 0 aliphatic carbocycles. The maximum Gasteiger partial charge on any atom is 0.230 e.